The molecule has 0 radical (unpaired) electrons. The van der Waals surface area contributed by atoms with Gasteiger partial charge in [0.25, 0.3) is 5.91 Å². The molecule has 43 heavy (non-hydrogen) atoms. The number of nitrogens with zero attached hydrogens (tertiary/aromatic N) is 1. The Balaban J connectivity index is 1.48. The van der Waals surface area contributed by atoms with Crippen LogP contribution in [0.5, 0.6) is 5.75 Å². The molecule has 0 saturated carbocycles. The van der Waals surface area contributed by atoms with Gasteiger partial charge in [-0.3, -0.25) is 10.2 Å². The van der Waals surface area contributed by atoms with Crippen LogP contribution in [0, 0.1) is 17.0 Å². The first-order valence-electron chi connectivity index (χ1n) is 13.6. The number of para-hydroxylation sites is 1. The van der Waals surface area contributed by atoms with Crippen LogP contribution >= 0.6 is 11.8 Å². The molecule has 10 heteroatoms. The van der Waals surface area contributed by atoms with E-state index < -0.39 is 29.2 Å². The summed E-state index contributed by atoms with van der Waals surface area (Å²) in [4.78, 5) is 13.2. The monoisotopic (exact) mass is 607 g/mol. The Labute approximate surface area is 254 Å². The Hall–Kier alpha value is -4.31. The minimum atomic E-state index is -1.61. The van der Waals surface area contributed by atoms with Gasteiger partial charge in [0.05, 0.1) is 25.3 Å². The summed E-state index contributed by atoms with van der Waals surface area (Å²) in [6.07, 6.45) is -1.61. The van der Waals surface area contributed by atoms with Crippen LogP contribution in [0.25, 0.3) is 11.1 Å². The predicted molar refractivity (Wildman–Crippen MR) is 162 cm³/mol. The molecule has 0 heterocycles. The topological polar surface area (TPSA) is 97.9 Å². The number of ether oxygens (including phenoxy) is 3. The van der Waals surface area contributed by atoms with Crippen molar-refractivity contribution in [2.45, 2.75) is 26.2 Å². The van der Waals surface area contributed by atoms with Crippen LogP contribution in [-0.2, 0) is 27.4 Å². The van der Waals surface area contributed by atoms with E-state index in [0.29, 0.717) is 35.7 Å². The molecule has 0 aliphatic heterocycles. The number of hydrogen-bond acceptors (Lipinski definition) is 5. The molecule has 1 amide bonds. The van der Waals surface area contributed by atoms with Gasteiger partial charge >= 0.3 is 0 Å². The summed E-state index contributed by atoms with van der Waals surface area (Å²) >= 11 is 6.27. The lowest BCUT2D eigenvalue weighted by Crippen LogP contribution is -2.30. The van der Waals surface area contributed by atoms with Gasteiger partial charge in [-0.1, -0.05) is 72.8 Å². The first-order valence-corrected chi connectivity index (χ1v) is 14.0. The Kier molecular flexibility index (Phi) is 11.2. The van der Waals surface area contributed by atoms with Crippen molar-refractivity contribution in [3.63, 3.8) is 0 Å². The number of nitrogen functional groups attached to an aromatic ring is 1. The van der Waals surface area contributed by atoms with Crippen LogP contribution in [0.3, 0.4) is 0 Å². The van der Waals surface area contributed by atoms with E-state index in [0.717, 1.165) is 22.1 Å². The summed E-state index contributed by atoms with van der Waals surface area (Å²) in [5.41, 5.74) is 7.82. The van der Waals surface area contributed by atoms with Gasteiger partial charge in [0.2, 0.25) is 0 Å². The number of carbonyl (C=O) groups excluding carboxylic acids is 1. The molecule has 0 aromatic heterocycles. The predicted octanol–water partition coefficient (Wildman–Crippen LogP) is 6.77. The summed E-state index contributed by atoms with van der Waals surface area (Å²) in [5, 5.41) is 7.50. The van der Waals surface area contributed by atoms with Crippen LogP contribution in [0.2, 0.25) is 0 Å². The molecule has 4 rings (SSSR count). The second-order valence-corrected chi connectivity index (χ2v) is 9.95. The molecule has 0 aliphatic carbocycles. The molecular formula is C33H32ClF2N3O4. The van der Waals surface area contributed by atoms with Gasteiger partial charge in [-0.15, -0.1) is 0 Å². The fraction of sp³-hybridized carbons (Fsp3) is 0.212. The minimum Gasteiger partial charge on any atom is -0.491 e. The molecule has 7 nitrogen and oxygen atoms in total. The first kappa shape index (κ1) is 31.6. The second-order valence-electron chi connectivity index (χ2n) is 9.54. The van der Waals surface area contributed by atoms with E-state index in [1.807, 2.05) is 30.3 Å². The largest absolute Gasteiger partial charge is 0.491 e. The number of nitrogens with two attached hydrogens (primary N) is 1. The van der Waals surface area contributed by atoms with Crippen molar-refractivity contribution in [2.24, 2.45) is 5.73 Å². The number of benzene rings is 4. The molecule has 0 spiro atoms. The van der Waals surface area contributed by atoms with Crippen molar-refractivity contribution in [2.75, 3.05) is 19.8 Å². The van der Waals surface area contributed by atoms with Gasteiger partial charge in [0.1, 0.15) is 29.8 Å². The van der Waals surface area contributed by atoms with Crippen LogP contribution in [0.15, 0.2) is 91.0 Å². The smallest absolute Gasteiger partial charge is 0.271 e. The number of rotatable bonds is 14. The molecule has 1 atom stereocenters. The van der Waals surface area contributed by atoms with Gasteiger partial charge in [-0.2, -0.15) is 0 Å². The van der Waals surface area contributed by atoms with Crippen molar-refractivity contribution < 1.29 is 27.8 Å². The summed E-state index contributed by atoms with van der Waals surface area (Å²) in [6, 6.07) is 25.4. The highest BCUT2D eigenvalue weighted by atomic mass is 35.5. The first-order chi connectivity index (χ1) is 20.8. The van der Waals surface area contributed by atoms with E-state index in [2.05, 4.69) is 0 Å². The van der Waals surface area contributed by atoms with Gasteiger partial charge in [-0.25, -0.2) is 13.2 Å². The molecule has 3 N–H and O–H groups in total. The SMILES string of the molecule is CCOC(C(=O)N(Cl)Cc1ccc(C(=N)N)cc1)c1c(F)cc(-c2ccccc2OCCOCc2ccccc2)cc1F. The lowest BCUT2D eigenvalue weighted by atomic mass is 9.99. The van der Waals surface area contributed by atoms with E-state index in [4.69, 9.17) is 37.1 Å². The fourth-order valence-electron chi connectivity index (χ4n) is 4.40. The standard InChI is InChI=1S/C33H32ClF2N3O4/c1-2-42-31(33(40)39(34)20-22-12-14-24(15-13-22)32(37)38)30-27(35)18-25(19-28(30)36)26-10-6-7-11-29(26)43-17-16-41-21-23-8-4-3-5-9-23/h3-15,18-19,31H,2,16-17,20-21H2,1H3,(H3,37,38). The van der Waals surface area contributed by atoms with Crippen molar-refractivity contribution in [3.8, 4) is 16.9 Å². The summed E-state index contributed by atoms with van der Waals surface area (Å²) in [7, 11) is 0. The normalized spacial score (nSPS) is 11.6. The van der Waals surface area contributed by atoms with Crippen molar-refractivity contribution in [1.29, 1.82) is 5.41 Å². The maximum Gasteiger partial charge on any atom is 0.271 e. The van der Waals surface area contributed by atoms with Crippen molar-refractivity contribution in [1.82, 2.24) is 4.42 Å². The van der Waals surface area contributed by atoms with Gasteiger partial charge in [0.15, 0.2) is 6.10 Å². The van der Waals surface area contributed by atoms with Crippen LogP contribution in [-0.4, -0.2) is 36.0 Å². The molecule has 224 valence electrons. The van der Waals surface area contributed by atoms with Crippen LogP contribution < -0.4 is 10.5 Å². The molecule has 0 aliphatic rings. The summed E-state index contributed by atoms with van der Waals surface area (Å²) in [5.74, 6) is -2.42. The van der Waals surface area contributed by atoms with E-state index in [1.165, 1.54) is 0 Å². The molecule has 0 bridgehead atoms. The number of hydrogen-bond donors (Lipinski definition) is 2. The Morgan fingerprint density at radius 2 is 1.58 bits per heavy atom. The zero-order valence-electron chi connectivity index (χ0n) is 23.6. The lowest BCUT2D eigenvalue weighted by molar-refractivity contribution is -0.139. The quantitative estimate of drug-likeness (QED) is 0.0713. The Morgan fingerprint density at radius 1 is 0.930 bits per heavy atom. The highest BCUT2D eigenvalue weighted by Gasteiger charge is 2.32. The molecule has 4 aromatic carbocycles. The second kappa shape index (κ2) is 15.2. The maximum atomic E-state index is 15.6. The fourth-order valence-corrected chi connectivity index (χ4v) is 4.62. The number of amidine groups is 1. The average Bonchev–Trinajstić information content (AvgIpc) is 3.00. The van der Waals surface area contributed by atoms with E-state index in [9.17, 15) is 4.79 Å². The Bertz CT molecular complexity index is 1510. The number of halogens is 3. The number of carbonyl (C=O) groups is 1. The van der Waals surface area contributed by atoms with E-state index >= 15 is 8.78 Å². The highest BCUT2D eigenvalue weighted by molar-refractivity contribution is 6.21. The molecule has 4 aromatic rings. The van der Waals surface area contributed by atoms with Crippen molar-refractivity contribution >= 4 is 23.5 Å². The summed E-state index contributed by atoms with van der Waals surface area (Å²) < 4.78 is 49.0. The lowest BCUT2D eigenvalue weighted by Gasteiger charge is -2.23. The molecule has 1 unspecified atom stereocenters. The number of nitrogens with one attached hydrogen (secondary N) is 1. The molecule has 0 saturated heterocycles. The highest BCUT2D eigenvalue weighted by Crippen LogP contribution is 2.35. The maximum absolute atomic E-state index is 15.6. The zero-order valence-corrected chi connectivity index (χ0v) is 24.3. The molecule has 0 fully saturated rings. The summed E-state index contributed by atoms with van der Waals surface area (Å²) in [6.45, 7) is 2.55. The van der Waals surface area contributed by atoms with Gasteiger partial charge in [0, 0.05) is 29.5 Å². The number of amides is 1. The third-order valence-corrected chi connectivity index (χ3v) is 6.81. The average molecular weight is 608 g/mol. The van der Waals surface area contributed by atoms with E-state index in [1.54, 1.807) is 55.5 Å². The molecular weight excluding hydrogens is 576 g/mol. The third-order valence-electron chi connectivity index (χ3n) is 6.52. The van der Waals surface area contributed by atoms with Crippen molar-refractivity contribution in [3.05, 3.63) is 125 Å². The van der Waals surface area contributed by atoms with Crippen LogP contribution in [0.4, 0.5) is 8.78 Å². The third kappa shape index (κ3) is 8.38. The zero-order chi connectivity index (χ0) is 30.8. The van der Waals surface area contributed by atoms with Gasteiger partial charge < -0.3 is 19.9 Å². The minimum absolute atomic E-state index is 0.0120. The Morgan fingerprint density at radius 3 is 2.23 bits per heavy atom. The van der Waals surface area contributed by atoms with Gasteiger partial charge in [-0.05, 0) is 41.8 Å². The van der Waals surface area contributed by atoms with Crippen LogP contribution in [0.1, 0.15) is 35.3 Å². The van der Waals surface area contributed by atoms with E-state index in [-0.39, 0.29) is 31.2 Å².